The second-order valence-electron chi connectivity index (χ2n) is 7.35. The minimum absolute atomic E-state index is 0.132. The van der Waals surface area contributed by atoms with Gasteiger partial charge in [0.2, 0.25) is 21.8 Å². The number of rotatable bonds is 8. The van der Waals surface area contributed by atoms with Gasteiger partial charge in [-0.15, -0.1) is 0 Å². The quantitative estimate of drug-likeness (QED) is 0.587. The van der Waals surface area contributed by atoms with Crippen LogP contribution < -0.4 is 9.46 Å². The number of methoxy groups -OCH3 is 1. The van der Waals surface area contributed by atoms with Crippen molar-refractivity contribution in [2.24, 2.45) is 0 Å². The van der Waals surface area contributed by atoms with Crippen LogP contribution in [0, 0.1) is 0 Å². The molecule has 3 rings (SSSR count). The van der Waals surface area contributed by atoms with Gasteiger partial charge >= 0.3 is 5.97 Å². The molecule has 1 aromatic carbocycles. The fraction of sp³-hybridized carbons (Fsp3) is 0.400. The summed E-state index contributed by atoms with van der Waals surface area (Å²) in [5.41, 5.74) is 0.607. The predicted molar refractivity (Wildman–Crippen MR) is 111 cm³/mol. The highest BCUT2D eigenvalue weighted by Crippen LogP contribution is 2.34. The van der Waals surface area contributed by atoms with Gasteiger partial charge in [0.25, 0.3) is 5.91 Å². The number of oxazole rings is 1. The zero-order chi connectivity index (χ0) is 23.5. The SMILES string of the molecule is COc1ccc(CCC(=O)NS(C)(=O)=O)c(C(=O)N2CCC[C@H]2c2nc(C(=O)O)co2)c1. The summed E-state index contributed by atoms with van der Waals surface area (Å²) in [5.74, 6) is -1.66. The standard InChI is InChI=1S/C20H23N3O8S/c1-30-13-7-5-12(6-8-17(24)22-32(2,28)29)14(10-13)19(25)23-9-3-4-16(23)18-21-15(11-31-18)20(26)27/h5,7,10-11,16H,3-4,6,8-9H2,1-2H3,(H,22,24)(H,26,27)/t16-/m0/s1. The lowest BCUT2D eigenvalue weighted by Crippen LogP contribution is -2.32. The Hall–Kier alpha value is -3.41. The third kappa shape index (κ3) is 5.44. The van der Waals surface area contributed by atoms with Crippen molar-refractivity contribution >= 4 is 27.8 Å². The Bertz CT molecular complexity index is 1140. The summed E-state index contributed by atoms with van der Waals surface area (Å²) >= 11 is 0. The van der Waals surface area contributed by atoms with Crippen LogP contribution in [-0.2, 0) is 21.2 Å². The summed E-state index contributed by atoms with van der Waals surface area (Å²) in [4.78, 5) is 42.0. The van der Waals surface area contributed by atoms with E-state index >= 15 is 0 Å². The molecule has 0 radical (unpaired) electrons. The largest absolute Gasteiger partial charge is 0.497 e. The average Bonchev–Trinajstić information content (AvgIpc) is 3.39. The number of ether oxygens (including phenoxy) is 1. The number of carboxylic acid groups (broad SMARTS) is 1. The summed E-state index contributed by atoms with van der Waals surface area (Å²) in [5, 5.41) is 9.08. The van der Waals surface area contributed by atoms with Gasteiger partial charge in [-0.25, -0.2) is 18.2 Å². The number of likely N-dealkylation sites (tertiary alicyclic amines) is 1. The van der Waals surface area contributed by atoms with Crippen LogP contribution in [0.3, 0.4) is 0 Å². The van der Waals surface area contributed by atoms with E-state index in [1.54, 1.807) is 23.1 Å². The highest BCUT2D eigenvalue weighted by Gasteiger charge is 2.35. The van der Waals surface area contributed by atoms with Crippen LogP contribution in [0.5, 0.6) is 5.75 Å². The Morgan fingerprint density at radius 1 is 1.34 bits per heavy atom. The number of nitrogens with one attached hydrogen (secondary N) is 1. The van der Waals surface area contributed by atoms with Crippen LogP contribution in [0.25, 0.3) is 0 Å². The Kier molecular flexibility index (Phi) is 6.82. The van der Waals surface area contributed by atoms with E-state index in [1.807, 2.05) is 4.72 Å². The zero-order valence-electron chi connectivity index (χ0n) is 17.5. The molecule has 12 heteroatoms. The van der Waals surface area contributed by atoms with Gasteiger partial charge in [-0.1, -0.05) is 6.07 Å². The van der Waals surface area contributed by atoms with Gasteiger partial charge in [0.1, 0.15) is 18.1 Å². The molecule has 11 nitrogen and oxygen atoms in total. The molecule has 1 atom stereocenters. The van der Waals surface area contributed by atoms with Crippen molar-refractivity contribution in [3.05, 3.63) is 47.2 Å². The Morgan fingerprint density at radius 2 is 2.09 bits per heavy atom. The summed E-state index contributed by atoms with van der Waals surface area (Å²) in [6.07, 6.45) is 3.16. The van der Waals surface area contributed by atoms with Gasteiger partial charge in [-0.05, 0) is 37.0 Å². The number of aromatic nitrogens is 1. The number of hydrogen-bond donors (Lipinski definition) is 2. The van der Waals surface area contributed by atoms with Gasteiger partial charge in [-0.2, -0.15) is 0 Å². The minimum atomic E-state index is -3.67. The molecule has 1 saturated heterocycles. The van der Waals surface area contributed by atoms with Gasteiger partial charge in [0, 0.05) is 18.5 Å². The number of hydrogen-bond acceptors (Lipinski definition) is 8. The van der Waals surface area contributed by atoms with E-state index in [4.69, 9.17) is 14.3 Å². The third-order valence-corrected chi connectivity index (χ3v) is 5.61. The number of sulfonamides is 1. The number of aromatic carboxylic acids is 1. The van der Waals surface area contributed by atoms with Gasteiger partial charge in [0.05, 0.1) is 13.4 Å². The van der Waals surface area contributed by atoms with E-state index in [-0.39, 0.29) is 30.3 Å². The average molecular weight is 465 g/mol. The molecule has 0 spiro atoms. The number of carbonyl (C=O) groups excluding carboxylic acids is 2. The van der Waals surface area contributed by atoms with Crippen LogP contribution in [0.15, 0.2) is 28.9 Å². The van der Waals surface area contributed by atoms with Crippen LogP contribution in [0.4, 0.5) is 0 Å². The van der Waals surface area contributed by atoms with Crippen LogP contribution in [0.2, 0.25) is 0 Å². The molecule has 2 heterocycles. The lowest BCUT2D eigenvalue weighted by molar-refractivity contribution is -0.119. The van der Waals surface area contributed by atoms with E-state index in [9.17, 15) is 22.8 Å². The van der Waals surface area contributed by atoms with Crippen LogP contribution in [0.1, 0.15) is 57.6 Å². The van der Waals surface area contributed by atoms with Crippen molar-refractivity contribution in [2.75, 3.05) is 19.9 Å². The summed E-state index contributed by atoms with van der Waals surface area (Å²) < 4.78 is 34.9. The smallest absolute Gasteiger partial charge is 0.357 e. The molecule has 2 amide bonds. The zero-order valence-corrected chi connectivity index (χ0v) is 18.3. The molecule has 0 bridgehead atoms. The summed E-state index contributed by atoms with van der Waals surface area (Å²) in [6, 6.07) is 4.33. The lowest BCUT2D eigenvalue weighted by atomic mass is 10.0. The van der Waals surface area contributed by atoms with Gasteiger partial charge in [0.15, 0.2) is 5.69 Å². The summed E-state index contributed by atoms with van der Waals surface area (Å²) in [6.45, 7) is 0.416. The molecule has 32 heavy (non-hydrogen) atoms. The predicted octanol–water partition coefficient (Wildman–Crippen LogP) is 1.37. The highest BCUT2D eigenvalue weighted by atomic mass is 32.2. The first-order chi connectivity index (χ1) is 15.1. The number of carbonyl (C=O) groups is 3. The Labute approximate surface area is 184 Å². The van der Waals surface area contributed by atoms with Crippen LogP contribution in [-0.4, -0.2) is 61.1 Å². The van der Waals surface area contributed by atoms with E-state index in [0.29, 0.717) is 36.3 Å². The molecule has 1 aliphatic rings. The number of aryl methyl sites for hydroxylation is 1. The molecule has 0 saturated carbocycles. The fourth-order valence-corrected chi connectivity index (χ4v) is 4.08. The Morgan fingerprint density at radius 3 is 2.72 bits per heavy atom. The van der Waals surface area contributed by atoms with E-state index in [2.05, 4.69) is 4.98 Å². The van der Waals surface area contributed by atoms with Crippen molar-refractivity contribution < 1.29 is 37.1 Å². The fourth-order valence-electron chi connectivity index (χ4n) is 3.57. The molecular weight excluding hydrogens is 442 g/mol. The molecule has 172 valence electrons. The van der Waals surface area contributed by atoms with Gasteiger partial charge in [-0.3, -0.25) is 14.3 Å². The van der Waals surface area contributed by atoms with Crippen molar-refractivity contribution in [2.45, 2.75) is 31.7 Å². The van der Waals surface area contributed by atoms with Crippen molar-refractivity contribution in [1.29, 1.82) is 0 Å². The number of carboxylic acids is 1. The molecular formula is C20H23N3O8S. The number of amides is 2. The molecule has 0 aliphatic carbocycles. The van der Waals surface area contributed by atoms with Crippen molar-refractivity contribution in [3.8, 4) is 5.75 Å². The highest BCUT2D eigenvalue weighted by molar-refractivity contribution is 7.89. The summed E-state index contributed by atoms with van der Waals surface area (Å²) in [7, 11) is -2.21. The monoisotopic (exact) mass is 465 g/mol. The van der Waals surface area contributed by atoms with Gasteiger partial charge < -0.3 is 19.2 Å². The van der Waals surface area contributed by atoms with Crippen LogP contribution >= 0.6 is 0 Å². The normalized spacial score (nSPS) is 16.1. The molecule has 1 aliphatic heterocycles. The second kappa shape index (κ2) is 9.39. The molecule has 1 fully saturated rings. The van der Waals surface area contributed by atoms with Crippen molar-refractivity contribution in [1.82, 2.24) is 14.6 Å². The first-order valence-corrected chi connectivity index (χ1v) is 11.7. The maximum atomic E-state index is 13.4. The maximum Gasteiger partial charge on any atom is 0.357 e. The number of nitrogens with zero attached hydrogens (tertiary/aromatic N) is 2. The van der Waals surface area contributed by atoms with E-state index in [1.165, 1.54) is 7.11 Å². The molecule has 2 N–H and O–H groups in total. The molecule has 2 aromatic rings. The number of benzene rings is 1. The third-order valence-electron chi connectivity index (χ3n) is 5.01. The second-order valence-corrected chi connectivity index (χ2v) is 9.10. The maximum absolute atomic E-state index is 13.4. The Balaban J connectivity index is 1.85. The van der Waals surface area contributed by atoms with Crippen molar-refractivity contribution in [3.63, 3.8) is 0 Å². The van der Waals surface area contributed by atoms with E-state index in [0.717, 1.165) is 12.5 Å². The topological polar surface area (TPSA) is 156 Å². The lowest BCUT2D eigenvalue weighted by Gasteiger charge is -2.24. The van der Waals surface area contributed by atoms with E-state index < -0.39 is 27.9 Å². The first kappa shape index (κ1) is 23.3. The molecule has 1 aromatic heterocycles. The minimum Gasteiger partial charge on any atom is -0.497 e. The molecule has 0 unspecified atom stereocenters. The first-order valence-electron chi connectivity index (χ1n) is 9.76.